The van der Waals surface area contributed by atoms with Gasteiger partial charge in [-0.05, 0) is 61.2 Å². The fraction of sp³-hybridized carbons (Fsp3) is 0.483. The summed E-state index contributed by atoms with van der Waals surface area (Å²) in [5.41, 5.74) is 3.81. The van der Waals surface area contributed by atoms with Crippen LogP contribution in [0, 0.1) is 0 Å². The molecule has 1 saturated heterocycles. The molecule has 1 atom stereocenters. The van der Waals surface area contributed by atoms with Gasteiger partial charge in [-0.3, -0.25) is 4.79 Å². The summed E-state index contributed by atoms with van der Waals surface area (Å²) in [7, 11) is 0. The summed E-state index contributed by atoms with van der Waals surface area (Å²) in [4.78, 5) is 13.5. The normalized spacial score (nSPS) is 21.9. The lowest BCUT2D eigenvalue weighted by Gasteiger charge is -2.25. The van der Waals surface area contributed by atoms with E-state index in [4.69, 9.17) is 14.2 Å². The van der Waals surface area contributed by atoms with Crippen molar-refractivity contribution in [3.63, 3.8) is 0 Å². The Morgan fingerprint density at radius 1 is 1.03 bits per heavy atom. The van der Waals surface area contributed by atoms with E-state index >= 15 is 0 Å². The predicted octanol–water partition coefficient (Wildman–Crippen LogP) is 6.08. The Kier molecular flexibility index (Phi) is 4.82. The first-order chi connectivity index (χ1) is 16.6. The van der Waals surface area contributed by atoms with Crippen LogP contribution in [0.5, 0.6) is 11.5 Å². The summed E-state index contributed by atoms with van der Waals surface area (Å²) < 4.78 is 19.9. The Morgan fingerprint density at radius 2 is 1.80 bits per heavy atom. The maximum Gasteiger partial charge on any atom is 0.246 e. The van der Waals surface area contributed by atoms with Crippen LogP contribution in [0.3, 0.4) is 0 Å². The first-order valence-electron chi connectivity index (χ1n) is 12.6. The number of fused-ring (bicyclic) bond motifs is 2. The van der Waals surface area contributed by atoms with Gasteiger partial charge in [-0.25, -0.2) is 0 Å². The highest BCUT2D eigenvalue weighted by molar-refractivity contribution is 6.02. The molecule has 6 heteroatoms. The largest absolute Gasteiger partial charge is 0.449 e. The molecule has 0 radical (unpaired) electrons. The smallest absolute Gasteiger partial charge is 0.246 e. The topological polar surface area (TPSA) is 61.7 Å². The van der Waals surface area contributed by atoms with E-state index in [2.05, 4.69) is 48.9 Å². The molecule has 35 heavy (non-hydrogen) atoms. The van der Waals surface area contributed by atoms with Gasteiger partial charge in [0.25, 0.3) is 0 Å². The lowest BCUT2D eigenvalue weighted by Crippen LogP contribution is -2.29. The number of carbonyl (C=O) groups excluding carboxylic acids is 1. The Morgan fingerprint density at radius 3 is 2.49 bits per heavy atom. The third-order valence-corrected chi connectivity index (χ3v) is 7.53. The van der Waals surface area contributed by atoms with Gasteiger partial charge in [-0.2, -0.15) is 0 Å². The molecule has 3 aliphatic rings. The van der Waals surface area contributed by atoms with E-state index in [9.17, 15) is 4.79 Å². The van der Waals surface area contributed by atoms with Crippen LogP contribution < -0.4 is 14.8 Å². The second-order valence-electron chi connectivity index (χ2n) is 11.7. The standard InChI is InChI=1S/C29H34N2O4/c1-27(2,3)25-15-18-14-20(7-8-22(18)31(25)21-10-13-33-17-21)30-26(32)29(11-12-29)19-6-9-23-24(16-19)35-28(4,5)34-23/h6-9,14-16,21H,10-13,17H2,1-5H3,(H,30,32). The van der Waals surface area contributed by atoms with Crippen molar-refractivity contribution in [2.24, 2.45) is 0 Å². The Hall–Kier alpha value is -2.99. The molecule has 3 heterocycles. The van der Waals surface area contributed by atoms with E-state index < -0.39 is 11.2 Å². The molecule has 1 N–H and O–H groups in total. The van der Waals surface area contributed by atoms with Gasteiger partial charge in [-0.1, -0.05) is 26.8 Å². The summed E-state index contributed by atoms with van der Waals surface area (Å²) in [5.74, 6) is 0.796. The van der Waals surface area contributed by atoms with Crippen LogP contribution in [-0.4, -0.2) is 29.5 Å². The van der Waals surface area contributed by atoms with Crippen molar-refractivity contribution in [1.29, 1.82) is 0 Å². The zero-order valence-corrected chi connectivity index (χ0v) is 21.2. The zero-order valence-electron chi connectivity index (χ0n) is 21.2. The molecule has 6 rings (SSSR count). The molecule has 1 aromatic heterocycles. The number of rotatable bonds is 4. The summed E-state index contributed by atoms with van der Waals surface area (Å²) >= 11 is 0. The van der Waals surface area contributed by atoms with Crippen molar-refractivity contribution in [3.8, 4) is 11.5 Å². The third kappa shape index (κ3) is 3.79. The molecule has 0 spiro atoms. The molecule has 2 fully saturated rings. The van der Waals surface area contributed by atoms with E-state index in [1.54, 1.807) is 0 Å². The van der Waals surface area contributed by atoms with E-state index in [-0.39, 0.29) is 11.3 Å². The molecule has 1 amide bonds. The van der Waals surface area contributed by atoms with Gasteiger partial charge in [0, 0.05) is 48.2 Å². The maximum atomic E-state index is 13.5. The Labute approximate surface area is 206 Å². The highest BCUT2D eigenvalue weighted by Gasteiger charge is 2.52. The number of anilines is 1. The minimum Gasteiger partial charge on any atom is -0.449 e. The van der Waals surface area contributed by atoms with Crippen molar-refractivity contribution in [3.05, 3.63) is 53.7 Å². The fourth-order valence-corrected chi connectivity index (χ4v) is 5.55. The molecule has 1 saturated carbocycles. The van der Waals surface area contributed by atoms with Crippen LogP contribution in [0.4, 0.5) is 5.69 Å². The van der Waals surface area contributed by atoms with Crippen LogP contribution >= 0.6 is 0 Å². The predicted molar refractivity (Wildman–Crippen MR) is 136 cm³/mol. The Bertz CT molecular complexity index is 1320. The molecule has 3 aromatic rings. The average Bonchev–Trinajstić information content (AvgIpc) is 3.11. The molecule has 2 aliphatic heterocycles. The molecular formula is C29H34N2O4. The van der Waals surface area contributed by atoms with Gasteiger partial charge >= 0.3 is 0 Å². The number of aromatic nitrogens is 1. The molecule has 6 nitrogen and oxygen atoms in total. The van der Waals surface area contributed by atoms with Crippen LogP contribution in [0.2, 0.25) is 0 Å². The van der Waals surface area contributed by atoms with Gasteiger partial charge in [-0.15, -0.1) is 0 Å². The fourth-order valence-electron chi connectivity index (χ4n) is 5.55. The number of carbonyl (C=O) groups is 1. The first-order valence-corrected chi connectivity index (χ1v) is 12.6. The van der Waals surface area contributed by atoms with Crippen molar-refractivity contribution in [1.82, 2.24) is 4.57 Å². The van der Waals surface area contributed by atoms with Gasteiger partial charge in [0.2, 0.25) is 11.7 Å². The number of nitrogens with zero attached hydrogens (tertiary/aromatic N) is 1. The Balaban J connectivity index is 1.29. The minimum atomic E-state index is -0.678. The van der Waals surface area contributed by atoms with Gasteiger partial charge < -0.3 is 24.1 Å². The van der Waals surface area contributed by atoms with Crippen molar-refractivity contribution < 1.29 is 19.0 Å². The van der Waals surface area contributed by atoms with Crippen LogP contribution in [-0.2, 0) is 20.4 Å². The third-order valence-electron chi connectivity index (χ3n) is 7.53. The maximum absolute atomic E-state index is 13.5. The minimum absolute atomic E-state index is 0.0109. The summed E-state index contributed by atoms with van der Waals surface area (Å²) in [5, 5.41) is 4.36. The van der Waals surface area contributed by atoms with E-state index in [0.717, 1.165) is 54.9 Å². The van der Waals surface area contributed by atoms with Crippen LogP contribution in [0.25, 0.3) is 10.9 Å². The second-order valence-corrected chi connectivity index (χ2v) is 11.7. The average molecular weight is 475 g/mol. The number of amides is 1. The number of benzene rings is 2. The van der Waals surface area contributed by atoms with Crippen molar-refractivity contribution >= 4 is 22.5 Å². The highest BCUT2D eigenvalue weighted by atomic mass is 16.7. The van der Waals surface area contributed by atoms with Gasteiger partial charge in [0.1, 0.15) is 0 Å². The number of hydrogen-bond acceptors (Lipinski definition) is 4. The van der Waals surface area contributed by atoms with E-state index in [1.807, 2.05) is 38.1 Å². The SMILES string of the molecule is CC1(C)Oc2ccc(C3(C(=O)Nc4ccc5c(c4)cc(C(C)(C)C)n5C4CCOC4)CC3)cc2O1. The van der Waals surface area contributed by atoms with Crippen molar-refractivity contribution in [2.45, 2.75) is 76.5 Å². The van der Waals surface area contributed by atoms with Crippen LogP contribution in [0.1, 0.15) is 71.2 Å². The monoisotopic (exact) mass is 474 g/mol. The van der Waals surface area contributed by atoms with Gasteiger partial charge in [0.15, 0.2) is 11.5 Å². The zero-order chi connectivity index (χ0) is 24.6. The van der Waals surface area contributed by atoms with E-state index in [0.29, 0.717) is 11.8 Å². The van der Waals surface area contributed by atoms with Crippen LogP contribution in [0.15, 0.2) is 42.5 Å². The molecular weight excluding hydrogens is 440 g/mol. The summed E-state index contributed by atoms with van der Waals surface area (Å²) in [6, 6.07) is 14.8. The lowest BCUT2D eigenvalue weighted by molar-refractivity contribution is -0.118. The molecule has 1 aliphatic carbocycles. The highest BCUT2D eigenvalue weighted by Crippen LogP contribution is 2.52. The first kappa shape index (κ1) is 22.5. The molecule has 1 unspecified atom stereocenters. The summed E-state index contributed by atoms with van der Waals surface area (Å²) in [6.45, 7) is 12.1. The lowest BCUT2D eigenvalue weighted by atomic mass is 9.91. The molecule has 2 aromatic carbocycles. The second kappa shape index (κ2) is 7.50. The molecule has 0 bridgehead atoms. The van der Waals surface area contributed by atoms with E-state index in [1.165, 1.54) is 11.2 Å². The molecule has 184 valence electrons. The van der Waals surface area contributed by atoms with Crippen molar-refractivity contribution in [2.75, 3.05) is 18.5 Å². The number of ether oxygens (including phenoxy) is 3. The number of nitrogens with one attached hydrogen (secondary N) is 1. The summed E-state index contributed by atoms with van der Waals surface area (Å²) in [6.07, 6.45) is 2.69. The van der Waals surface area contributed by atoms with Gasteiger partial charge in [0.05, 0.1) is 18.1 Å². The number of hydrogen-bond donors (Lipinski definition) is 1. The quantitative estimate of drug-likeness (QED) is 0.498.